The Balaban J connectivity index is 2.36. The third-order valence-electron chi connectivity index (χ3n) is 2.60. The van der Waals surface area contributed by atoms with E-state index in [-0.39, 0.29) is 0 Å². The first-order chi connectivity index (χ1) is 9.51. The Morgan fingerprint density at radius 2 is 2.15 bits per heavy atom. The van der Waals surface area contributed by atoms with Crippen molar-refractivity contribution in [3.05, 3.63) is 41.0 Å². The minimum atomic E-state index is -1.93. The van der Waals surface area contributed by atoms with Crippen molar-refractivity contribution in [1.82, 2.24) is 4.98 Å². The van der Waals surface area contributed by atoms with Crippen molar-refractivity contribution in [2.75, 3.05) is 12.8 Å². The predicted molar refractivity (Wildman–Crippen MR) is 83.2 cm³/mol. The highest BCUT2D eigenvalue weighted by molar-refractivity contribution is 7.99. The van der Waals surface area contributed by atoms with Gasteiger partial charge in [0.15, 0.2) is 0 Å². The number of nitrogens with zero attached hydrogens (tertiary/aromatic N) is 1. The summed E-state index contributed by atoms with van der Waals surface area (Å²) in [5.74, 6) is 0. The van der Waals surface area contributed by atoms with Gasteiger partial charge in [0, 0.05) is 17.2 Å². The molecule has 1 aromatic carbocycles. The molecule has 1 aromatic heterocycles. The molecule has 0 bridgehead atoms. The quantitative estimate of drug-likeness (QED) is 0.683. The fourth-order valence-corrected chi connectivity index (χ4v) is 3.37. The van der Waals surface area contributed by atoms with Gasteiger partial charge in [0.1, 0.15) is 5.03 Å². The Bertz CT molecular complexity index is 650. The Labute approximate surface area is 127 Å². The first kappa shape index (κ1) is 15.3. The van der Waals surface area contributed by atoms with Gasteiger partial charge in [0.25, 0.3) is 0 Å². The van der Waals surface area contributed by atoms with E-state index < -0.39 is 8.03 Å². The van der Waals surface area contributed by atoms with Crippen LogP contribution in [0, 0.1) is 6.92 Å². The van der Waals surface area contributed by atoms with Gasteiger partial charge in [-0.3, -0.25) is 0 Å². The number of rotatable bonds is 4. The topological polar surface area (TPSA) is 65.2 Å². The van der Waals surface area contributed by atoms with Gasteiger partial charge < -0.3 is 5.73 Å². The zero-order chi connectivity index (χ0) is 14.7. The summed E-state index contributed by atoms with van der Waals surface area (Å²) in [6.45, 7) is 1.94. The molecule has 0 aliphatic carbocycles. The molecule has 20 heavy (non-hydrogen) atoms. The van der Waals surface area contributed by atoms with Crippen LogP contribution in [0.3, 0.4) is 0 Å². The van der Waals surface area contributed by atoms with Gasteiger partial charge in [-0.2, -0.15) is 0 Å². The summed E-state index contributed by atoms with van der Waals surface area (Å²) < 4.78 is 16.7. The molecular weight excluding hydrogens is 315 g/mol. The van der Waals surface area contributed by atoms with E-state index in [0.717, 1.165) is 15.5 Å². The van der Waals surface area contributed by atoms with Gasteiger partial charge in [-0.25, -0.2) is 4.98 Å². The number of nitrogens with two attached hydrogens (primary N) is 1. The van der Waals surface area contributed by atoms with Crippen molar-refractivity contribution in [2.45, 2.75) is 16.8 Å². The van der Waals surface area contributed by atoms with Crippen molar-refractivity contribution in [2.24, 2.45) is 0 Å². The molecule has 0 saturated heterocycles. The van der Waals surface area contributed by atoms with Crippen LogP contribution in [0.4, 0.5) is 5.69 Å². The fourth-order valence-electron chi connectivity index (χ4n) is 1.60. The summed E-state index contributed by atoms with van der Waals surface area (Å²) in [6.07, 6.45) is 1.59. The molecule has 7 heteroatoms. The van der Waals surface area contributed by atoms with Crippen LogP contribution in [0.1, 0.15) is 5.56 Å². The zero-order valence-electron chi connectivity index (χ0n) is 11.0. The summed E-state index contributed by atoms with van der Waals surface area (Å²) in [4.78, 5) is 5.16. The third kappa shape index (κ3) is 3.49. The van der Waals surface area contributed by atoms with Gasteiger partial charge in [0.2, 0.25) is 5.30 Å². The Hall–Kier alpha value is -1.13. The van der Waals surface area contributed by atoms with Gasteiger partial charge in [0.05, 0.1) is 17.8 Å². The summed E-state index contributed by atoms with van der Waals surface area (Å²) >= 11 is 7.27. The maximum Gasteiger partial charge on any atom is 0.550 e. The van der Waals surface area contributed by atoms with Crippen molar-refractivity contribution in [3.8, 4) is 0 Å². The van der Waals surface area contributed by atoms with E-state index >= 15 is 0 Å². The second-order valence-corrected chi connectivity index (χ2v) is 6.89. The van der Waals surface area contributed by atoms with Crippen molar-refractivity contribution >= 4 is 42.4 Å². The fraction of sp³-hybridized carbons (Fsp3) is 0.154. The average Bonchev–Trinajstić information content (AvgIpc) is 2.43. The number of hydrogen-bond acceptors (Lipinski definition) is 5. The highest BCUT2D eigenvalue weighted by atomic mass is 35.5. The highest BCUT2D eigenvalue weighted by Crippen LogP contribution is 2.33. The summed E-state index contributed by atoms with van der Waals surface area (Å²) in [5, 5.41) is 1.90. The van der Waals surface area contributed by atoms with Gasteiger partial charge in [-0.1, -0.05) is 23.4 Å². The molecule has 2 rings (SSSR count). The standard InChI is InChI=1S/C13H13ClN2O2PS/c1-8-5-10(15)11(19(17)18-2)6-12(8)20-13-4-3-9(14)7-16-13/h3-7H,15H2,1-2H3/q+1. The van der Waals surface area contributed by atoms with E-state index in [9.17, 15) is 4.57 Å². The Morgan fingerprint density at radius 1 is 1.40 bits per heavy atom. The maximum atomic E-state index is 11.8. The van der Waals surface area contributed by atoms with Crippen molar-refractivity contribution in [3.63, 3.8) is 0 Å². The van der Waals surface area contributed by atoms with Crippen LogP contribution in [-0.4, -0.2) is 12.1 Å². The van der Waals surface area contributed by atoms with Crippen LogP contribution in [0.25, 0.3) is 0 Å². The van der Waals surface area contributed by atoms with Crippen molar-refractivity contribution in [1.29, 1.82) is 0 Å². The SMILES string of the molecule is CO[P+](=O)c1cc(Sc2ccc(Cl)cn2)c(C)cc1N. The number of pyridine rings is 1. The molecule has 1 atom stereocenters. The van der Waals surface area contributed by atoms with Crippen LogP contribution in [0.2, 0.25) is 5.02 Å². The molecular formula is C13H13ClN2O2PS+. The maximum absolute atomic E-state index is 11.8. The molecule has 1 unspecified atom stereocenters. The molecule has 2 aromatic rings. The number of aromatic nitrogens is 1. The van der Waals surface area contributed by atoms with E-state index in [4.69, 9.17) is 21.9 Å². The molecule has 2 N–H and O–H groups in total. The number of nitrogen functional groups attached to an aromatic ring is 1. The lowest BCUT2D eigenvalue weighted by molar-refractivity contribution is 0.423. The normalized spacial score (nSPS) is 11.4. The lowest BCUT2D eigenvalue weighted by Crippen LogP contribution is -2.07. The second-order valence-electron chi connectivity index (χ2n) is 4.03. The smallest absolute Gasteiger partial charge is 0.395 e. The first-order valence-electron chi connectivity index (χ1n) is 5.72. The second kappa shape index (κ2) is 6.55. The predicted octanol–water partition coefficient (Wildman–Crippen LogP) is 3.79. The molecule has 0 aliphatic rings. The van der Waals surface area contributed by atoms with E-state index in [1.807, 2.05) is 13.0 Å². The van der Waals surface area contributed by atoms with Gasteiger partial charge in [-0.15, -0.1) is 4.52 Å². The van der Waals surface area contributed by atoms with Crippen LogP contribution < -0.4 is 11.0 Å². The average molecular weight is 328 g/mol. The van der Waals surface area contributed by atoms with E-state index in [1.165, 1.54) is 18.9 Å². The van der Waals surface area contributed by atoms with Gasteiger partial charge >= 0.3 is 8.03 Å². The van der Waals surface area contributed by atoms with E-state index in [0.29, 0.717) is 16.0 Å². The van der Waals surface area contributed by atoms with Crippen LogP contribution in [-0.2, 0) is 9.09 Å². The number of benzene rings is 1. The van der Waals surface area contributed by atoms with Crippen LogP contribution >= 0.6 is 31.4 Å². The third-order valence-corrected chi connectivity index (χ3v) is 5.05. The number of anilines is 1. The largest absolute Gasteiger partial charge is 0.550 e. The minimum Gasteiger partial charge on any atom is -0.395 e. The number of hydrogen-bond donors (Lipinski definition) is 1. The van der Waals surface area contributed by atoms with Crippen LogP contribution in [0.15, 0.2) is 40.4 Å². The molecule has 0 fully saturated rings. The molecule has 0 amide bonds. The lowest BCUT2D eigenvalue weighted by atomic mass is 10.2. The first-order valence-corrected chi connectivity index (χ1v) is 8.09. The summed E-state index contributed by atoms with van der Waals surface area (Å²) in [7, 11) is -0.538. The molecule has 0 saturated carbocycles. The molecule has 0 radical (unpaired) electrons. The highest BCUT2D eigenvalue weighted by Gasteiger charge is 2.25. The molecule has 1 heterocycles. The molecule has 0 spiro atoms. The molecule has 4 nitrogen and oxygen atoms in total. The molecule has 104 valence electrons. The monoisotopic (exact) mass is 327 g/mol. The van der Waals surface area contributed by atoms with Gasteiger partial charge in [-0.05, 0) is 35.3 Å². The zero-order valence-corrected chi connectivity index (χ0v) is 13.4. The summed E-state index contributed by atoms with van der Waals surface area (Å²) in [5.41, 5.74) is 7.34. The Kier molecular flexibility index (Phi) is 5.00. The number of halogens is 1. The van der Waals surface area contributed by atoms with Crippen molar-refractivity contribution < 1.29 is 9.09 Å². The van der Waals surface area contributed by atoms with E-state index in [1.54, 1.807) is 24.4 Å². The number of aryl methyl sites for hydroxylation is 1. The summed E-state index contributed by atoms with van der Waals surface area (Å²) in [6, 6.07) is 7.19. The van der Waals surface area contributed by atoms with E-state index in [2.05, 4.69) is 4.98 Å². The Morgan fingerprint density at radius 3 is 2.75 bits per heavy atom. The van der Waals surface area contributed by atoms with Crippen LogP contribution in [0.5, 0.6) is 0 Å². The minimum absolute atomic E-state index is 0.471. The molecule has 0 aliphatic heterocycles. The lowest BCUT2D eigenvalue weighted by Gasteiger charge is -2.06.